The minimum atomic E-state index is -1.74. The van der Waals surface area contributed by atoms with E-state index < -0.39 is 82.9 Å². The van der Waals surface area contributed by atoms with Crippen molar-refractivity contribution in [2.75, 3.05) is 6.61 Å². The highest BCUT2D eigenvalue weighted by Crippen LogP contribution is 2.57. The number of aliphatic hydroxyl groups is 3. The number of H-pyrrole nitrogens is 1. The number of hydrogen-bond acceptors (Lipinski definition) is 7. The van der Waals surface area contributed by atoms with Gasteiger partial charge in [-0.05, 0) is 75.7 Å². The molecular formula is C45H54N2O7. The van der Waals surface area contributed by atoms with Crippen molar-refractivity contribution in [3.8, 4) is 0 Å². The van der Waals surface area contributed by atoms with E-state index in [0.29, 0.717) is 18.4 Å². The minimum absolute atomic E-state index is 0.0828. The molecular weight excluding hydrogens is 681 g/mol. The van der Waals surface area contributed by atoms with Gasteiger partial charge in [0.15, 0.2) is 11.6 Å². The first-order valence-electron chi connectivity index (χ1n) is 19.5. The van der Waals surface area contributed by atoms with Crippen LogP contribution in [0.15, 0.2) is 102 Å². The summed E-state index contributed by atoms with van der Waals surface area (Å²) in [5, 5.41) is 39.7. The molecule has 1 spiro atoms. The predicted octanol–water partition coefficient (Wildman–Crippen LogP) is 5.50. The Balaban J connectivity index is 1.38. The van der Waals surface area contributed by atoms with Crippen LogP contribution < -0.4 is 5.32 Å². The van der Waals surface area contributed by atoms with E-state index >= 15 is 9.59 Å². The maximum absolute atomic E-state index is 15.9. The molecule has 13 atom stereocenters. The second kappa shape index (κ2) is 15.2. The van der Waals surface area contributed by atoms with Gasteiger partial charge in [0, 0.05) is 58.6 Å². The van der Waals surface area contributed by atoms with Gasteiger partial charge in [0.25, 0.3) is 0 Å². The molecule has 0 saturated carbocycles. The lowest BCUT2D eigenvalue weighted by Crippen LogP contribution is -2.59. The van der Waals surface area contributed by atoms with Crippen molar-refractivity contribution in [2.24, 2.45) is 46.8 Å². The van der Waals surface area contributed by atoms with E-state index in [1.807, 2.05) is 113 Å². The van der Waals surface area contributed by atoms with Gasteiger partial charge < -0.3 is 30.4 Å². The number of Topliss-reactive ketones (excluding diaryl/α,β-unsaturated/α-hetero) is 2. The highest BCUT2D eigenvalue weighted by molar-refractivity contribution is 6.12. The molecule has 9 nitrogen and oxygen atoms in total. The lowest BCUT2D eigenvalue weighted by atomic mass is 9.51. The molecule has 0 radical (unpaired) electrons. The number of aromatic amines is 1. The summed E-state index contributed by atoms with van der Waals surface area (Å²) in [4.78, 5) is 49.1. The number of amides is 1. The summed E-state index contributed by atoms with van der Waals surface area (Å²) in [6, 6.07) is 7.50. The number of aromatic nitrogens is 1. The van der Waals surface area contributed by atoms with E-state index in [0.717, 1.165) is 27.6 Å². The van der Waals surface area contributed by atoms with E-state index in [9.17, 15) is 20.1 Å². The SMILES string of the molecule is C/C=C/C=C/[C@@H]1CO[C@H]([C@@H]2C=CC[C@@H]3C(=O)[C@@]45C(=O)N[C@@H](Cc6c[nH]c7ccccc67)[C@@H]4C(C)=C(C)[C@@H](O)[C@@H]5/C=C\C[C@H](C)/C=C(/C)[C@@H](O)C(=O)[C@@H]23)[C@H]1O. The molecule has 3 aliphatic carbocycles. The smallest absolute Gasteiger partial charge is 0.235 e. The first-order valence-corrected chi connectivity index (χ1v) is 19.5. The number of carbonyl (C=O) groups is 3. The second-order valence-electron chi connectivity index (χ2n) is 16.3. The fraction of sp³-hybridized carbons (Fsp3) is 0.489. The van der Waals surface area contributed by atoms with Crippen LogP contribution in [0, 0.1) is 46.8 Å². The Morgan fingerprint density at radius 1 is 0.981 bits per heavy atom. The van der Waals surface area contributed by atoms with Crippen LogP contribution >= 0.6 is 0 Å². The highest BCUT2D eigenvalue weighted by atomic mass is 16.5. The molecule has 9 heteroatoms. The standard InChI is InChI=1S/C45H54N2O7/c1-6-7-8-14-28-23-54-42(40(28)50)31-16-12-17-32-36(31)41(51)38(48)25(3)20-24(2)13-11-18-33-39(49)27(5)26(4)37-35(47-44(53)45(33,37)43(32)52)21-29-22-46-34-19-10-9-15-30(29)34/h6-12,14-16,18-20,22,24,28,31-33,35-40,42,46,48-50H,13,17,21,23H2,1-5H3,(H,47,53)/b7-6+,14-8+,18-11-,25-20-/t24-,28+,31+,32-,33-,35-,36-,37-,38+,39+,40-,42+,45-/m0/s1. The van der Waals surface area contributed by atoms with Gasteiger partial charge in [0.1, 0.15) is 11.5 Å². The van der Waals surface area contributed by atoms with E-state index in [1.54, 1.807) is 6.92 Å². The fourth-order valence-electron chi connectivity index (χ4n) is 10.4. The number of para-hydroxylation sites is 1. The molecule has 286 valence electrons. The maximum atomic E-state index is 15.9. The maximum Gasteiger partial charge on any atom is 0.235 e. The van der Waals surface area contributed by atoms with Crippen molar-refractivity contribution in [1.82, 2.24) is 10.3 Å². The van der Waals surface area contributed by atoms with Crippen molar-refractivity contribution < 1.29 is 34.4 Å². The van der Waals surface area contributed by atoms with Crippen molar-refractivity contribution in [1.29, 1.82) is 0 Å². The number of ether oxygens (including phenoxy) is 1. The van der Waals surface area contributed by atoms with Crippen molar-refractivity contribution in [3.63, 3.8) is 0 Å². The Bertz CT molecular complexity index is 1980. The molecule has 7 rings (SSSR count). The third-order valence-corrected chi connectivity index (χ3v) is 13.2. The minimum Gasteiger partial charge on any atom is -0.390 e. The van der Waals surface area contributed by atoms with Gasteiger partial charge in [-0.3, -0.25) is 14.4 Å². The van der Waals surface area contributed by atoms with Gasteiger partial charge in [0.05, 0.1) is 24.9 Å². The average Bonchev–Trinajstić information content (AvgIpc) is 3.83. The third-order valence-electron chi connectivity index (χ3n) is 13.2. The quantitative estimate of drug-likeness (QED) is 0.155. The third kappa shape index (κ3) is 6.23. The zero-order valence-electron chi connectivity index (χ0n) is 31.8. The van der Waals surface area contributed by atoms with Crippen LogP contribution in [0.2, 0.25) is 0 Å². The number of benzene rings is 1. The highest BCUT2D eigenvalue weighted by Gasteiger charge is 2.69. The molecule has 2 aromatic rings. The number of rotatable bonds is 5. The lowest BCUT2D eigenvalue weighted by molar-refractivity contribution is -0.156. The molecule has 3 heterocycles. The first-order chi connectivity index (χ1) is 25.9. The Kier molecular flexibility index (Phi) is 10.7. The van der Waals surface area contributed by atoms with E-state index in [1.165, 1.54) is 0 Å². The van der Waals surface area contributed by atoms with E-state index in [-0.39, 0.29) is 24.9 Å². The van der Waals surface area contributed by atoms with Crippen LogP contribution in [0.1, 0.15) is 53.0 Å². The Labute approximate surface area is 317 Å². The predicted molar refractivity (Wildman–Crippen MR) is 208 cm³/mol. The van der Waals surface area contributed by atoms with Gasteiger partial charge in [-0.25, -0.2) is 0 Å². The molecule has 54 heavy (non-hydrogen) atoms. The van der Waals surface area contributed by atoms with Gasteiger partial charge >= 0.3 is 0 Å². The Morgan fingerprint density at radius 2 is 1.74 bits per heavy atom. The zero-order chi connectivity index (χ0) is 38.5. The molecule has 0 unspecified atom stereocenters. The van der Waals surface area contributed by atoms with Crippen molar-refractivity contribution in [2.45, 2.75) is 84.3 Å². The summed E-state index contributed by atoms with van der Waals surface area (Å²) in [6.07, 6.45) is 15.5. The zero-order valence-corrected chi connectivity index (χ0v) is 31.8. The summed E-state index contributed by atoms with van der Waals surface area (Å²) >= 11 is 0. The van der Waals surface area contributed by atoms with Gasteiger partial charge in [-0.2, -0.15) is 0 Å². The molecule has 2 aliphatic heterocycles. The van der Waals surface area contributed by atoms with E-state index in [2.05, 4.69) is 10.3 Å². The topological polar surface area (TPSA) is 149 Å². The first kappa shape index (κ1) is 38.1. The van der Waals surface area contributed by atoms with Crippen LogP contribution in [-0.4, -0.2) is 74.8 Å². The number of hydrogen-bond donors (Lipinski definition) is 5. The molecule has 1 aromatic heterocycles. The van der Waals surface area contributed by atoms with Crippen molar-refractivity contribution >= 4 is 28.4 Å². The van der Waals surface area contributed by atoms with Crippen molar-refractivity contribution in [3.05, 3.63) is 107 Å². The monoisotopic (exact) mass is 734 g/mol. The molecule has 1 aromatic carbocycles. The van der Waals surface area contributed by atoms with Crippen LogP contribution in [0.3, 0.4) is 0 Å². The fourth-order valence-corrected chi connectivity index (χ4v) is 10.4. The molecule has 2 fully saturated rings. The average molecular weight is 735 g/mol. The number of fused-ring (bicyclic) bond motifs is 2. The number of carbonyl (C=O) groups excluding carboxylic acids is 3. The van der Waals surface area contributed by atoms with Crippen LogP contribution in [0.5, 0.6) is 0 Å². The van der Waals surface area contributed by atoms with E-state index in [4.69, 9.17) is 4.74 Å². The summed E-state index contributed by atoms with van der Waals surface area (Å²) < 4.78 is 6.25. The largest absolute Gasteiger partial charge is 0.390 e. The summed E-state index contributed by atoms with van der Waals surface area (Å²) in [7, 11) is 0. The van der Waals surface area contributed by atoms with Crippen LogP contribution in [0.25, 0.3) is 10.9 Å². The number of aliphatic hydroxyl groups excluding tert-OH is 3. The Hall–Kier alpha value is -4.15. The second-order valence-corrected chi connectivity index (χ2v) is 16.3. The van der Waals surface area contributed by atoms with Gasteiger partial charge in [0.2, 0.25) is 5.91 Å². The molecule has 5 N–H and O–H groups in total. The summed E-state index contributed by atoms with van der Waals surface area (Å²) in [6.45, 7) is 9.64. The Morgan fingerprint density at radius 3 is 2.52 bits per heavy atom. The molecule has 0 bridgehead atoms. The van der Waals surface area contributed by atoms with Crippen LogP contribution in [-0.2, 0) is 25.5 Å². The number of nitrogens with one attached hydrogen (secondary N) is 2. The molecule has 5 aliphatic rings. The van der Waals surface area contributed by atoms with Gasteiger partial charge in [-0.1, -0.05) is 85.4 Å². The summed E-state index contributed by atoms with van der Waals surface area (Å²) in [5.41, 5.74) is 2.24. The normalized spacial score (nSPS) is 40.5. The van der Waals surface area contributed by atoms with Crippen LogP contribution in [0.4, 0.5) is 0 Å². The number of allylic oxidation sites excluding steroid dienone is 6. The lowest BCUT2D eigenvalue weighted by Gasteiger charge is -2.49. The molecule has 2 saturated heterocycles. The number of ketones is 2. The molecule has 1 amide bonds. The van der Waals surface area contributed by atoms with Gasteiger partial charge in [-0.15, -0.1) is 0 Å². The summed E-state index contributed by atoms with van der Waals surface area (Å²) in [5.74, 6) is -6.21.